The van der Waals surface area contributed by atoms with Crippen LogP contribution >= 0.6 is 0 Å². The molecule has 0 saturated carbocycles. The van der Waals surface area contributed by atoms with Crippen molar-refractivity contribution in [3.05, 3.63) is 0 Å². The van der Waals surface area contributed by atoms with Gasteiger partial charge in [0.05, 0.1) is 0 Å². The van der Waals surface area contributed by atoms with Gasteiger partial charge in [0, 0.05) is 0 Å². The molecule has 0 spiro atoms. The second-order valence-electron chi connectivity index (χ2n) is 4.03. The number of hydrogen-bond acceptors (Lipinski definition) is 3. The zero-order valence-corrected chi connectivity index (χ0v) is 11.1. The summed E-state index contributed by atoms with van der Waals surface area (Å²) in [6.07, 6.45) is 3.43. The Labute approximate surface area is 131 Å². The van der Waals surface area contributed by atoms with Crippen LogP contribution in [0.2, 0.25) is 0 Å². The Morgan fingerprint density at radius 1 is 0.833 bits per heavy atom. The van der Waals surface area contributed by atoms with E-state index in [9.17, 15) is 14.4 Å². The third kappa shape index (κ3) is 4.71. The van der Waals surface area contributed by atoms with E-state index in [1.54, 1.807) is 13.8 Å². The summed E-state index contributed by atoms with van der Waals surface area (Å²) in [5, 5.41) is 4.19. The van der Waals surface area contributed by atoms with Crippen LogP contribution in [0, 0.1) is 5.41 Å². The summed E-state index contributed by atoms with van der Waals surface area (Å²) in [5.41, 5.74) is -1.06. The number of urea groups is 1. The molecule has 100 valence electrons. The molecule has 18 heavy (non-hydrogen) atoms. The van der Waals surface area contributed by atoms with Gasteiger partial charge in [0.25, 0.3) is 0 Å². The van der Waals surface area contributed by atoms with Crippen LogP contribution in [0.25, 0.3) is 0 Å². The summed E-state index contributed by atoms with van der Waals surface area (Å²) < 4.78 is 0. The number of nitrogens with one attached hydrogen (secondary N) is 2. The van der Waals surface area contributed by atoms with Crippen molar-refractivity contribution in [1.29, 1.82) is 0 Å². The number of amides is 4. The van der Waals surface area contributed by atoms with Gasteiger partial charge in [-0.1, -0.05) is 40.5 Å². The molecule has 1 rings (SSSR count). The quantitative estimate of drug-likeness (QED) is 0.597. The number of unbranched alkanes of at least 4 members (excludes halogenated alkanes) is 1. The maximum atomic E-state index is 11.4. The molecule has 4 amide bonds. The van der Waals surface area contributed by atoms with Gasteiger partial charge < -0.3 is 0 Å². The van der Waals surface area contributed by atoms with Gasteiger partial charge >= 0.3 is 35.6 Å². The topological polar surface area (TPSA) is 75.3 Å². The van der Waals surface area contributed by atoms with E-state index >= 15 is 0 Å². The molecule has 1 aliphatic rings. The molecule has 0 aromatic carbocycles. The van der Waals surface area contributed by atoms with Crippen molar-refractivity contribution in [2.24, 2.45) is 5.41 Å². The Balaban J connectivity index is 0. The van der Waals surface area contributed by atoms with Crippen LogP contribution in [-0.4, -0.2) is 47.4 Å². The number of carbonyl (C=O) groups excluding carboxylic acids is 3. The van der Waals surface area contributed by atoms with Gasteiger partial charge in [-0.25, -0.2) is 4.79 Å². The van der Waals surface area contributed by atoms with E-state index in [4.69, 9.17) is 0 Å². The van der Waals surface area contributed by atoms with Gasteiger partial charge in [-0.05, 0) is 12.8 Å². The molecule has 1 fully saturated rings. The second kappa shape index (κ2) is 9.53. The Kier molecular flexibility index (Phi) is 10.6. The Hall–Kier alpha value is -0.390. The van der Waals surface area contributed by atoms with Crippen LogP contribution < -0.4 is 10.6 Å². The molecular formula is C12H23N2NaO3. The predicted octanol–water partition coefficient (Wildman–Crippen LogP) is 1.32. The van der Waals surface area contributed by atoms with Gasteiger partial charge in [-0.3, -0.25) is 20.2 Å². The molecule has 0 unspecified atom stereocenters. The van der Waals surface area contributed by atoms with E-state index < -0.39 is 23.3 Å². The molecule has 5 nitrogen and oxygen atoms in total. The van der Waals surface area contributed by atoms with E-state index in [2.05, 4.69) is 24.5 Å². The molecule has 0 radical (unpaired) electrons. The molecule has 0 aromatic heterocycles. The standard InChI is InChI=1S/C8H12N2O3.C4H10.Na.H/c1-3-8(4-2)5(11)9-7(13)10-6(8)12;1-3-4-2;;/h3-4H2,1-2H3,(H2,9,10,11,12,13);3-4H2,1-2H3;;. The minimum absolute atomic E-state index is 0. The maximum absolute atomic E-state index is 11.4. The van der Waals surface area contributed by atoms with E-state index in [0.717, 1.165) is 0 Å². The third-order valence-electron chi connectivity index (χ3n) is 3.03. The van der Waals surface area contributed by atoms with E-state index in [0.29, 0.717) is 12.8 Å². The Morgan fingerprint density at radius 3 is 1.39 bits per heavy atom. The van der Waals surface area contributed by atoms with Gasteiger partial charge in [0.1, 0.15) is 5.41 Å². The Morgan fingerprint density at radius 2 is 1.17 bits per heavy atom. The molecule has 1 saturated heterocycles. The van der Waals surface area contributed by atoms with Crippen LogP contribution in [0.1, 0.15) is 53.4 Å². The van der Waals surface area contributed by atoms with Crippen molar-refractivity contribution in [3.63, 3.8) is 0 Å². The zero-order valence-electron chi connectivity index (χ0n) is 11.1. The van der Waals surface area contributed by atoms with Gasteiger partial charge in [-0.2, -0.15) is 0 Å². The van der Waals surface area contributed by atoms with Gasteiger partial charge in [0.2, 0.25) is 11.8 Å². The molecule has 2 N–H and O–H groups in total. The summed E-state index contributed by atoms with van der Waals surface area (Å²) in [5.74, 6) is -0.988. The van der Waals surface area contributed by atoms with Crippen molar-refractivity contribution < 1.29 is 14.4 Å². The Bertz CT molecular complexity index is 278. The zero-order chi connectivity index (χ0) is 13.5. The fourth-order valence-electron chi connectivity index (χ4n) is 1.47. The molecule has 6 heteroatoms. The first-order chi connectivity index (χ1) is 7.98. The molecule has 1 heterocycles. The first-order valence-electron chi connectivity index (χ1n) is 6.15. The monoisotopic (exact) mass is 266 g/mol. The first-order valence-corrected chi connectivity index (χ1v) is 6.15. The van der Waals surface area contributed by atoms with Crippen LogP contribution in [-0.2, 0) is 9.59 Å². The van der Waals surface area contributed by atoms with E-state index in [1.807, 2.05) is 0 Å². The van der Waals surface area contributed by atoms with Crippen LogP contribution in [0.15, 0.2) is 0 Å². The van der Waals surface area contributed by atoms with Crippen molar-refractivity contribution in [3.8, 4) is 0 Å². The number of carbonyl (C=O) groups is 3. The van der Waals surface area contributed by atoms with Crippen LogP contribution in [0.4, 0.5) is 4.79 Å². The summed E-state index contributed by atoms with van der Waals surface area (Å²) in [6, 6.07) is -0.729. The van der Waals surface area contributed by atoms with Gasteiger partial charge in [0.15, 0.2) is 0 Å². The predicted molar refractivity (Wildman–Crippen MR) is 72.4 cm³/mol. The first kappa shape index (κ1) is 19.9. The van der Waals surface area contributed by atoms with Crippen LogP contribution in [0.3, 0.4) is 0 Å². The fourth-order valence-corrected chi connectivity index (χ4v) is 1.47. The van der Waals surface area contributed by atoms with Gasteiger partial charge in [-0.15, -0.1) is 0 Å². The molecular weight excluding hydrogens is 243 g/mol. The number of barbiturate groups is 1. The SMILES string of the molecule is CCC1(CC)C(=O)NC(=O)NC1=O.CCCC.[NaH]. The van der Waals surface area contributed by atoms with Crippen molar-refractivity contribution in [2.45, 2.75) is 53.4 Å². The van der Waals surface area contributed by atoms with Crippen LogP contribution in [0.5, 0.6) is 0 Å². The van der Waals surface area contributed by atoms with Crippen molar-refractivity contribution in [2.75, 3.05) is 0 Å². The number of hydrogen-bond donors (Lipinski definition) is 2. The normalized spacial score (nSPS) is 16.8. The molecule has 0 bridgehead atoms. The minimum atomic E-state index is -1.06. The third-order valence-corrected chi connectivity index (χ3v) is 3.03. The summed E-state index contributed by atoms with van der Waals surface area (Å²) in [6.45, 7) is 7.86. The molecule has 0 atom stereocenters. The summed E-state index contributed by atoms with van der Waals surface area (Å²) in [4.78, 5) is 33.6. The van der Waals surface area contributed by atoms with E-state index in [-0.39, 0.29) is 29.6 Å². The summed E-state index contributed by atoms with van der Waals surface area (Å²) in [7, 11) is 0. The number of imide groups is 2. The fraction of sp³-hybridized carbons (Fsp3) is 0.750. The van der Waals surface area contributed by atoms with Crippen molar-refractivity contribution in [1.82, 2.24) is 10.6 Å². The number of rotatable bonds is 3. The molecule has 1 aliphatic heterocycles. The van der Waals surface area contributed by atoms with E-state index in [1.165, 1.54) is 12.8 Å². The molecule has 0 aliphatic carbocycles. The second-order valence-corrected chi connectivity index (χ2v) is 4.03. The molecule has 0 aromatic rings. The van der Waals surface area contributed by atoms with Crippen molar-refractivity contribution >= 4 is 47.4 Å². The summed E-state index contributed by atoms with van der Waals surface area (Å²) >= 11 is 0. The average Bonchev–Trinajstić information content (AvgIpc) is 2.30. The average molecular weight is 266 g/mol.